The van der Waals surface area contributed by atoms with Crippen molar-refractivity contribution in [3.05, 3.63) is 59.5 Å². The fraction of sp³-hybridized carbons (Fsp3) is 0.515. The molecule has 0 radical (unpaired) electrons. The fourth-order valence-corrected chi connectivity index (χ4v) is 4.52. The van der Waals surface area contributed by atoms with Crippen LogP contribution in [0.15, 0.2) is 42.5 Å². The van der Waals surface area contributed by atoms with Gasteiger partial charge in [0.15, 0.2) is 5.69 Å². The lowest BCUT2D eigenvalue weighted by Crippen LogP contribution is -2.49. The number of nitrogens with zero attached hydrogens (tertiary/aromatic N) is 2. The number of carbonyl (C=O) groups is 3. The number of rotatable bonds is 13. The van der Waals surface area contributed by atoms with E-state index in [4.69, 9.17) is 14.2 Å². The highest BCUT2D eigenvalue weighted by Gasteiger charge is 2.35. The van der Waals surface area contributed by atoms with Crippen molar-refractivity contribution in [2.24, 2.45) is 5.41 Å². The molecule has 44 heavy (non-hydrogen) atoms. The van der Waals surface area contributed by atoms with Gasteiger partial charge in [-0.3, -0.25) is 9.48 Å². The second-order valence-electron chi connectivity index (χ2n) is 12.8. The topological polar surface area (TPSA) is 121 Å². The van der Waals surface area contributed by atoms with Crippen molar-refractivity contribution >= 4 is 28.9 Å². The number of hydrogen-bond acceptors (Lipinski definition) is 7. The van der Waals surface area contributed by atoms with Crippen LogP contribution in [0, 0.1) is 11.2 Å². The van der Waals surface area contributed by atoms with E-state index in [1.807, 2.05) is 47.6 Å². The van der Waals surface area contributed by atoms with Crippen molar-refractivity contribution in [1.29, 1.82) is 0 Å². The lowest BCUT2D eigenvalue weighted by molar-refractivity contribution is -0.145. The number of methoxy groups -OCH3 is 1. The molecule has 240 valence electrons. The fourth-order valence-electron chi connectivity index (χ4n) is 4.52. The summed E-state index contributed by atoms with van der Waals surface area (Å²) in [5.41, 5.74) is 0.515. The van der Waals surface area contributed by atoms with Gasteiger partial charge in [0.1, 0.15) is 23.2 Å². The maximum absolute atomic E-state index is 13.5. The minimum atomic E-state index is -0.881. The van der Waals surface area contributed by atoms with Crippen molar-refractivity contribution in [2.75, 3.05) is 20.3 Å². The van der Waals surface area contributed by atoms with Crippen molar-refractivity contribution in [3.63, 3.8) is 0 Å². The Morgan fingerprint density at radius 1 is 0.955 bits per heavy atom. The molecule has 0 spiro atoms. The minimum absolute atomic E-state index is 0.159. The first-order valence-corrected chi connectivity index (χ1v) is 14.9. The molecule has 1 aromatic heterocycles. The Bertz CT molecular complexity index is 1420. The average Bonchev–Trinajstić information content (AvgIpc) is 3.29. The summed E-state index contributed by atoms with van der Waals surface area (Å²) in [5, 5.41) is 10.7. The molecule has 2 N–H and O–H groups in total. The van der Waals surface area contributed by atoms with E-state index in [2.05, 4.69) is 15.7 Å². The van der Waals surface area contributed by atoms with Crippen molar-refractivity contribution in [2.45, 2.75) is 85.4 Å². The zero-order valence-corrected chi connectivity index (χ0v) is 26.8. The van der Waals surface area contributed by atoms with Crippen molar-refractivity contribution in [1.82, 2.24) is 20.4 Å². The normalized spacial score (nSPS) is 12.5. The third-order valence-electron chi connectivity index (χ3n) is 6.77. The molecule has 1 unspecified atom stereocenters. The molecule has 0 aliphatic heterocycles. The first-order chi connectivity index (χ1) is 20.7. The van der Waals surface area contributed by atoms with E-state index in [0.29, 0.717) is 36.3 Å². The van der Waals surface area contributed by atoms with E-state index in [0.717, 1.165) is 31.2 Å². The Hall–Kier alpha value is -4.15. The summed E-state index contributed by atoms with van der Waals surface area (Å²) in [5.74, 6) is -0.771. The van der Waals surface area contributed by atoms with E-state index in [9.17, 15) is 18.8 Å². The minimum Gasteiger partial charge on any atom is -0.494 e. The van der Waals surface area contributed by atoms with Crippen LogP contribution in [0.3, 0.4) is 0 Å². The van der Waals surface area contributed by atoms with E-state index in [1.54, 1.807) is 28.9 Å². The van der Waals surface area contributed by atoms with Crippen LogP contribution in [0.1, 0.15) is 83.3 Å². The molecule has 2 aromatic carbocycles. The zero-order valence-electron chi connectivity index (χ0n) is 26.8. The monoisotopic (exact) mass is 612 g/mol. The molecule has 0 aliphatic carbocycles. The number of alkyl carbamates (subject to hydrolysis) is 1. The predicted molar refractivity (Wildman–Crippen MR) is 166 cm³/mol. The van der Waals surface area contributed by atoms with Crippen LogP contribution < -0.4 is 15.4 Å². The highest BCUT2D eigenvalue weighted by atomic mass is 19.1. The maximum atomic E-state index is 13.5. The molecule has 0 bridgehead atoms. The molecule has 1 atom stereocenters. The van der Waals surface area contributed by atoms with Crippen LogP contribution in [0.25, 0.3) is 10.9 Å². The Kier molecular flexibility index (Phi) is 11.7. The maximum Gasteiger partial charge on any atom is 0.407 e. The van der Waals surface area contributed by atoms with Crippen LogP contribution >= 0.6 is 0 Å². The molecular formula is C33H45FN4O6. The van der Waals surface area contributed by atoms with Gasteiger partial charge in [-0.1, -0.05) is 45.7 Å². The average molecular weight is 613 g/mol. The van der Waals surface area contributed by atoms with Gasteiger partial charge in [-0.2, -0.15) is 5.10 Å². The van der Waals surface area contributed by atoms with Gasteiger partial charge in [0.2, 0.25) is 0 Å². The number of carbonyl (C=O) groups excluding carboxylic acids is 3. The number of nitrogens with one attached hydrogen (secondary N) is 2. The molecular weight excluding hydrogens is 567 g/mol. The summed E-state index contributed by atoms with van der Waals surface area (Å²) >= 11 is 0. The van der Waals surface area contributed by atoms with E-state index >= 15 is 0 Å². The van der Waals surface area contributed by atoms with Crippen LogP contribution in [-0.2, 0) is 20.8 Å². The third-order valence-corrected chi connectivity index (χ3v) is 6.77. The second kappa shape index (κ2) is 15.0. The van der Waals surface area contributed by atoms with E-state index < -0.39 is 35.0 Å². The summed E-state index contributed by atoms with van der Waals surface area (Å²) in [6.07, 6.45) is 3.12. The smallest absolute Gasteiger partial charge is 0.407 e. The summed E-state index contributed by atoms with van der Waals surface area (Å²) in [4.78, 5) is 37.6. The number of benzene rings is 2. The van der Waals surface area contributed by atoms with Crippen LogP contribution in [0.4, 0.5) is 9.18 Å². The van der Waals surface area contributed by atoms with Crippen molar-refractivity contribution < 1.29 is 33.0 Å². The number of fused-ring (bicyclic) bond motifs is 1. The molecule has 2 amide bonds. The quantitative estimate of drug-likeness (QED) is 0.179. The van der Waals surface area contributed by atoms with Gasteiger partial charge in [-0.25, -0.2) is 14.0 Å². The molecule has 0 saturated heterocycles. The van der Waals surface area contributed by atoms with E-state index in [1.165, 1.54) is 19.2 Å². The highest BCUT2D eigenvalue weighted by molar-refractivity contribution is 6.06. The molecule has 1 heterocycles. The summed E-state index contributed by atoms with van der Waals surface area (Å²) in [7, 11) is 1.28. The molecule has 0 saturated carbocycles. The Morgan fingerprint density at radius 3 is 2.27 bits per heavy atom. The largest absolute Gasteiger partial charge is 0.494 e. The van der Waals surface area contributed by atoms with Crippen LogP contribution in [0.5, 0.6) is 5.75 Å². The van der Waals surface area contributed by atoms with Gasteiger partial charge in [-0.15, -0.1) is 0 Å². The Morgan fingerprint density at radius 2 is 1.64 bits per heavy atom. The zero-order chi connectivity index (χ0) is 32.5. The number of hydrogen-bond donors (Lipinski definition) is 2. The summed E-state index contributed by atoms with van der Waals surface area (Å²) in [6.45, 7) is 12.3. The highest BCUT2D eigenvalue weighted by Crippen LogP contribution is 2.27. The number of esters is 1. The van der Waals surface area contributed by atoms with Crippen LogP contribution in [-0.4, -0.2) is 59.7 Å². The number of aromatic nitrogens is 2. The van der Waals surface area contributed by atoms with Gasteiger partial charge >= 0.3 is 12.1 Å². The van der Waals surface area contributed by atoms with Gasteiger partial charge in [0, 0.05) is 18.0 Å². The first kappa shape index (κ1) is 34.3. The second-order valence-corrected chi connectivity index (χ2v) is 12.8. The number of ether oxygens (including phenoxy) is 3. The SMILES string of the molecule is COC(=O)C(NC(=O)c1nn(Cc2ccc(F)cc2)c2cc(OCCCCCCNC(=O)OC(C)(C)C)ccc12)C(C)(C)C. The molecule has 11 heteroatoms. The molecule has 10 nitrogen and oxygen atoms in total. The molecule has 0 fully saturated rings. The summed E-state index contributed by atoms with van der Waals surface area (Å²) in [6, 6.07) is 10.6. The van der Waals surface area contributed by atoms with Gasteiger partial charge in [-0.05, 0) is 68.9 Å². The number of halogens is 1. The third kappa shape index (κ3) is 10.2. The Labute approximate surface area is 258 Å². The van der Waals surface area contributed by atoms with Crippen LogP contribution in [0.2, 0.25) is 0 Å². The molecule has 0 aliphatic rings. The summed E-state index contributed by atoms with van der Waals surface area (Å²) < 4.78 is 31.4. The Balaban J connectivity index is 1.68. The van der Waals surface area contributed by atoms with Gasteiger partial charge in [0.25, 0.3) is 5.91 Å². The lowest BCUT2D eigenvalue weighted by atomic mass is 9.86. The molecule has 3 rings (SSSR count). The first-order valence-electron chi connectivity index (χ1n) is 14.9. The standard InChI is InChI=1S/C33H45FN4O6/c1-32(2,3)28(30(40)42-7)36-29(39)27-25-17-16-24(20-26(25)38(37-27)21-22-12-14-23(34)15-13-22)43-19-11-9-8-10-18-35-31(41)44-33(4,5)6/h12-17,20,28H,8-11,18-19,21H2,1-7H3,(H,35,41)(H,36,39). The van der Waals surface area contributed by atoms with Crippen molar-refractivity contribution in [3.8, 4) is 5.75 Å². The van der Waals surface area contributed by atoms with Gasteiger partial charge in [0.05, 0.1) is 25.8 Å². The van der Waals surface area contributed by atoms with E-state index in [-0.39, 0.29) is 11.5 Å². The molecule has 3 aromatic rings. The number of amides is 2. The number of unbranched alkanes of at least 4 members (excludes halogenated alkanes) is 3. The lowest BCUT2D eigenvalue weighted by Gasteiger charge is -2.28. The van der Waals surface area contributed by atoms with Gasteiger partial charge < -0.3 is 24.8 Å². The predicted octanol–water partition coefficient (Wildman–Crippen LogP) is 6.01.